The van der Waals surface area contributed by atoms with Gasteiger partial charge in [0, 0.05) is 34.0 Å². The molecule has 2 aromatic rings. The Hall–Kier alpha value is -2.73. The third-order valence-corrected chi connectivity index (χ3v) is 3.79. The van der Waals surface area contributed by atoms with Gasteiger partial charge in [-0.05, 0) is 18.2 Å². The van der Waals surface area contributed by atoms with Gasteiger partial charge in [0.15, 0.2) is 0 Å². The van der Waals surface area contributed by atoms with E-state index in [1.165, 1.54) is 12.1 Å². The first-order valence-corrected chi connectivity index (χ1v) is 7.27. The topological polar surface area (TPSA) is 84.6 Å². The quantitative estimate of drug-likeness (QED) is 0.532. The Morgan fingerprint density at radius 2 is 2.00 bits per heavy atom. The predicted molar refractivity (Wildman–Crippen MR) is 88.5 cm³/mol. The van der Waals surface area contributed by atoms with Crippen LogP contribution in [0.4, 0.5) is 11.4 Å². The number of nitro benzene ring substituents is 1. The number of aliphatic imine (C=N–C) groups is 1. The van der Waals surface area contributed by atoms with Gasteiger partial charge in [-0.1, -0.05) is 23.7 Å². The van der Waals surface area contributed by atoms with Crippen molar-refractivity contribution in [1.82, 2.24) is 0 Å². The number of hydrogen-bond donors (Lipinski definition) is 1. The van der Waals surface area contributed by atoms with Gasteiger partial charge < -0.3 is 10.1 Å². The molecule has 2 aromatic carbocycles. The zero-order chi connectivity index (χ0) is 16.4. The van der Waals surface area contributed by atoms with E-state index < -0.39 is 11.0 Å². The van der Waals surface area contributed by atoms with Gasteiger partial charge in [-0.2, -0.15) is 0 Å². The highest BCUT2D eigenvalue weighted by Crippen LogP contribution is 2.28. The predicted octanol–water partition coefficient (Wildman–Crippen LogP) is 3.08. The minimum atomic E-state index is -0.472. The molecule has 3 rings (SSSR count). The second kappa shape index (κ2) is 6.18. The maximum Gasteiger partial charge on any atom is 0.270 e. The smallest absolute Gasteiger partial charge is 0.270 e. The third kappa shape index (κ3) is 3.07. The summed E-state index contributed by atoms with van der Waals surface area (Å²) in [6.07, 6.45) is 0.777. The van der Waals surface area contributed by atoms with E-state index in [0.29, 0.717) is 22.0 Å². The first-order chi connectivity index (χ1) is 11.1. The van der Waals surface area contributed by atoms with E-state index in [1.54, 1.807) is 30.3 Å². The van der Waals surface area contributed by atoms with Gasteiger partial charge in [-0.15, -0.1) is 0 Å². The fourth-order valence-electron chi connectivity index (χ4n) is 2.42. The van der Waals surface area contributed by atoms with Gasteiger partial charge in [0.2, 0.25) is 0 Å². The molecule has 23 heavy (non-hydrogen) atoms. The lowest BCUT2D eigenvalue weighted by Gasteiger charge is -2.12. The molecule has 1 aliphatic rings. The molecule has 0 amide bonds. The van der Waals surface area contributed by atoms with Crippen LogP contribution >= 0.6 is 11.6 Å². The highest BCUT2D eigenvalue weighted by atomic mass is 35.5. The van der Waals surface area contributed by atoms with E-state index in [2.05, 4.69) is 10.3 Å². The second-order valence-electron chi connectivity index (χ2n) is 5.07. The van der Waals surface area contributed by atoms with Crippen LogP contribution in [0.5, 0.6) is 0 Å². The number of non-ortho nitro benzene ring substituents is 1. The summed E-state index contributed by atoms with van der Waals surface area (Å²) < 4.78 is 0. The van der Waals surface area contributed by atoms with Crippen molar-refractivity contribution in [3.8, 4) is 0 Å². The number of carbonyl (C=O) groups excluding carboxylic acids is 1. The maximum absolute atomic E-state index is 11.1. The highest BCUT2D eigenvalue weighted by Gasteiger charge is 2.21. The van der Waals surface area contributed by atoms with Crippen LogP contribution in [-0.4, -0.2) is 29.5 Å². The van der Waals surface area contributed by atoms with E-state index >= 15 is 0 Å². The summed E-state index contributed by atoms with van der Waals surface area (Å²) in [4.78, 5) is 26.2. The zero-order valence-corrected chi connectivity index (χ0v) is 12.7. The molecule has 1 heterocycles. The van der Waals surface area contributed by atoms with E-state index in [9.17, 15) is 14.9 Å². The molecule has 0 saturated heterocycles. The largest absolute Gasteiger partial charge is 0.373 e. The standard InChI is InChI=1S/C16H12ClN3O3/c17-11-3-1-10(2-4-11)16-14-7-13(20(22)23)5-6-15(14)19-12(9-21)8-18-16/h1-7,9,12,19H,8H2. The fourth-order valence-corrected chi connectivity index (χ4v) is 2.55. The van der Waals surface area contributed by atoms with E-state index in [1.807, 2.05) is 0 Å². The summed E-state index contributed by atoms with van der Waals surface area (Å²) in [6, 6.07) is 11.0. The van der Waals surface area contributed by atoms with Crippen LogP contribution in [0.2, 0.25) is 5.02 Å². The summed E-state index contributed by atoms with van der Waals surface area (Å²) in [6.45, 7) is 0.254. The van der Waals surface area contributed by atoms with Crippen molar-refractivity contribution >= 4 is 35.0 Å². The first-order valence-electron chi connectivity index (χ1n) is 6.89. The monoisotopic (exact) mass is 329 g/mol. The molecule has 116 valence electrons. The molecule has 6 nitrogen and oxygen atoms in total. The van der Waals surface area contributed by atoms with Crippen LogP contribution in [0.3, 0.4) is 0 Å². The summed E-state index contributed by atoms with van der Waals surface area (Å²) in [7, 11) is 0. The molecule has 1 aliphatic heterocycles. The number of benzodiazepines with no additional fused rings is 1. The molecule has 1 atom stereocenters. The molecular formula is C16H12ClN3O3. The highest BCUT2D eigenvalue weighted by molar-refractivity contribution is 6.30. The van der Waals surface area contributed by atoms with Crippen molar-refractivity contribution < 1.29 is 9.72 Å². The number of aldehydes is 1. The Balaban J connectivity index is 2.16. The number of hydrogen-bond acceptors (Lipinski definition) is 5. The Labute approximate surface area is 137 Å². The van der Waals surface area contributed by atoms with Crippen LogP contribution in [0.25, 0.3) is 0 Å². The van der Waals surface area contributed by atoms with E-state index in [0.717, 1.165) is 11.8 Å². The maximum atomic E-state index is 11.1. The van der Waals surface area contributed by atoms with Crippen molar-refractivity contribution in [1.29, 1.82) is 0 Å². The lowest BCUT2D eigenvalue weighted by molar-refractivity contribution is -0.384. The van der Waals surface area contributed by atoms with Gasteiger partial charge in [0.1, 0.15) is 12.3 Å². The number of nitrogens with one attached hydrogen (secondary N) is 1. The molecule has 0 fully saturated rings. The molecule has 7 heteroatoms. The molecule has 0 spiro atoms. The number of nitro groups is 1. The van der Waals surface area contributed by atoms with Crippen molar-refractivity contribution in [3.63, 3.8) is 0 Å². The molecule has 0 aliphatic carbocycles. The molecule has 1 unspecified atom stereocenters. The Morgan fingerprint density at radius 1 is 1.26 bits per heavy atom. The number of halogens is 1. The van der Waals surface area contributed by atoms with Crippen LogP contribution < -0.4 is 5.32 Å². The summed E-state index contributed by atoms with van der Waals surface area (Å²) in [5, 5.41) is 14.7. The average molecular weight is 330 g/mol. The van der Waals surface area contributed by atoms with Crippen molar-refractivity contribution in [2.24, 2.45) is 4.99 Å². The first kappa shape index (κ1) is 15.2. The lowest BCUT2D eigenvalue weighted by Crippen LogP contribution is -2.23. The van der Waals surface area contributed by atoms with Crippen molar-refractivity contribution in [3.05, 3.63) is 68.7 Å². The molecule has 0 radical (unpaired) electrons. The number of carbonyl (C=O) groups is 1. The van der Waals surface area contributed by atoms with Crippen LogP contribution in [0, 0.1) is 10.1 Å². The number of anilines is 1. The van der Waals surface area contributed by atoms with Crippen molar-refractivity contribution in [2.45, 2.75) is 6.04 Å². The number of fused-ring (bicyclic) bond motifs is 1. The van der Waals surface area contributed by atoms with Gasteiger partial charge in [0.25, 0.3) is 5.69 Å². The second-order valence-corrected chi connectivity index (χ2v) is 5.51. The van der Waals surface area contributed by atoms with Crippen molar-refractivity contribution in [2.75, 3.05) is 11.9 Å². The third-order valence-electron chi connectivity index (χ3n) is 3.54. The Kier molecular flexibility index (Phi) is 4.08. The number of benzene rings is 2. The lowest BCUT2D eigenvalue weighted by atomic mass is 10.00. The van der Waals surface area contributed by atoms with E-state index in [4.69, 9.17) is 11.6 Å². The van der Waals surface area contributed by atoms with Gasteiger partial charge >= 0.3 is 0 Å². The summed E-state index contributed by atoms with van der Waals surface area (Å²) >= 11 is 5.91. The number of rotatable bonds is 3. The fraction of sp³-hybridized carbons (Fsp3) is 0.125. The molecular weight excluding hydrogens is 318 g/mol. The summed E-state index contributed by atoms with van der Waals surface area (Å²) in [5.74, 6) is 0. The normalized spacial score (nSPS) is 16.6. The number of nitrogens with zero attached hydrogens (tertiary/aromatic N) is 2. The zero-order valence-electron chi connectivity index (χ0n) is 11.9. The molecule has 0 bridgehead atoms. The van der Waals surface area contributed by atoms with Gasteiger partial charge in [0.05, 0.1) is 17.2 Å². The SMILES string of the molecule is O=CC1CN=C(c2ccc(Cl)cc2)c2cc([N+](=O)[O-])ccc2N1. The molecule has 0 saturated carbocycles. The van der Waals surface area contributed by atoms with Crippen LogP contribution in [0.1, 0.15) is 11.1 Å². The van der Waals surface area contributed by atoms with E-state index in [-0.39, 0.29) is 12.2 Å². The van der Waals surface area contributed by atoms with Gasteiger partial charge in [-0.25, -0.2) is 0 Å². The van der Waals surface area contributed by atoms with Gasteiger partial charge in [-0.3, -0.25) is 15.1 Å². The Morgan fingerprint density at radius 3 is 2.65 bits per heavy atom. The van der Waals surface area contributed by atoms with Crippen LogP contribution in [-0.2, 0) is 4.79 Å². The molecule has 1 N–H and O–H groups in total. The average Bonchev–Trinajstić information content (AvgIpc) is 2.74. The summed E-state index contributed by atoms with van der Waals surface area (Å²) in [5.41, 5.74) is 2.57. The minimum absolute atomic E-state index is 0.0308. The minimum Gasteiger partial charge on any atom is -0.373 e. The Bertz CT molecular complexity index is 803. The molecule has 0 aromatic heterocycles. The van der Waals surface area contributed by atoms with Crippen LogP contribution in [0.15, 0.2) is 47.5 Å².